The van der Waals surface area contributed by atoms with Gasteiger partial charge in [-0.05, 0) is 6.92 Å². The highest BCUT2D eigenvalue weighted by molar-refractivity contribution is 4.99. The Bertz CT molecular complexity index is 281. The molecule has 3 nitrogen and oxygen atoms in total. The van der Waals surface area contributed by atoms with Crippen LogP contribution in [-0.4, -0.2) is 9.97 Å². The number of nitrogens with zero attached hydrogens (tertiary/aromatic N) is 1. The van der Waals surface area contributed by atoms with Crippen molar-refractivity contribution in [3.63, 3.8) is 0 Å². The molecule has 4 heteroatoms. The third-order valence-electron chi connectivity index (χ3n) is 1.05. The standard InChI is InChI=1S/C6H7FN2O/c1-4-2-6(10)9-5(3-7)8-4/h2H,3H2,1H3,(H,8,9,10). The molecular formula is C6H7FN2O. The van der Waals surface area contributed by atoms with Crippen LogP contribution in [0.2, 0.25) is 0 Å². The SMILES string of the molecule is Cc1cc(=O)[nH]c(CF)n1. The maximum atomic E-state index is 11.9. The Morgan fingerprint density at radius 3 is 3.00 bits per heavy atom. The molecule has 0 saturated carbocycles. The molecular weight excluding hydrogens is 135 g/mol. The van der Waals surface area contributed by atoms with Crippen molar-refractivity contribution >= 4 is 0 Å². The average Bonchev–Trinajstić information content (AvgIpc) is 1.85. The van der Waals surface area contributed by atoms with E-state index >= 15 is 0 Å². The molecule has 10 heavy (non-hydrogen) atoms. The summed E-state index contributed by atoms with van der Waals surface area (Å²) in [7, 11) is 0. The van der Waals surface area contributed by atoms with Crippen molar-refractivity contribution in [3.05, 3.63) is 27.9 Å². The topological polar surface area (TPSA) is 45.8 Å². The maximum absolute atomic E-state index is 11.9. The highest BCUT2D eigenvalue weighted by atomic mass is 19.1. The van der Waals surface area contributed by atoms with Crippen molar-refractivity contribution < 1.29 is 4.39 Å². The fourth-order valence-electron chi connectivity index (χ4n) is 0.704. The van der Waals surface area contributed by atoms with Crippen LogP contribution < -0.4 is 5.56 Å². The van der Waals surface area contributed by atoms with Crippen LogP contribution in [0.25, 0.3) is 0 Å². The normalized spacial score (nSPS) is 9.80. The number of hydrogen-bond donors (Lipinski definition) is 1. The number of hydrogen-bond acceptors (Lipinski definition) is 2. The molecule has 0 aliphatic carbocycles. The predicted octanol–water partition coefficient (Wildman–Crippen LogP) is 0.548. The zero-order chi connectivity index (χ0) is 7.56. The minimum atomic E-state index is -0.725. The van der Waals surface area contributed by atoms with E-state index in [1.165, 1.54) is 6.07 Å². The van der Waals surface area contributed by atoms with Crippen LogP contribution in [0.1, 0.15) is 11.5 Å². The van der Waals surface area contributed by atoms with Crippen LogP contribution in [0.5, 0.6) is 0 Å². The molecule has 0 amide bonds. The first-order valence-corrected chi connectivity index (χ1v) is 2.85. The van der Waals surface area contributed by atoms with E-state index in [0.29, 0.717) is 5.69 Å². The molecule has 0 bridgehead atoms. The van der Waals surface area contributed by atoms with Crippen molar-refractivity contribution in [2.45, 2.75) is 13.6 Å². The van der Waals surface area contributed by atoms with Gasteiger partial charge in [-0.15, -0.1) is 0 Å². The highest BCUT2D eigenvalue weighted by Gasteiger charge is 1.94. The maximum Gasteiger partial charge on any atom is 0.251 e. The number of aromatic nitrogens is 2. The molecule has 0 atom stereocenters. The minimum absolute atomic E-state index is 0.0880. The first-order valence-electron chi connectivity index (χ1n) is 2.85. The summed E-state index contributed by atoms with van der Waals surface area (Å²) in [5.41, 5.74) is 0.233. The van der Waals surface area contributed by atoms with Crippen molar-refractivity contribution in [2.75, 3.05) is 0 Å². The van der Waals surface area contributed by atoms with Gasteiger partial charge in [-0.25, -0.2) is 9.37 Å². The zero-order valence-electron chi connectivity index (χ0n) is 5.52. The van der Waals surface area contributed by atoms with Gasteiger partial charge < -0.3 is 4.98 Å². The molecule has 54 valence electrons. The van der Waals surface area contributed by atoms with E-state index in [1.54, 1.807) is 6.92 Å². The van der Waals surface area contributed by atoms with Crippen LogP contribution in [0.3, 0.4) is 0 Å². The Balaban J connectivity index is 3.19. The quantitative estimate of drug-likeness (QED) is 0.622. The van der Waals surface area contributed by atoms with Crippen LogP contribution in [-0.2, 0) is 6.67 Å². The van der Waals surface area contributed by atoms with Gasteiger partial charge >= 0.3 is 0 Å². The molecule has 0 aliphatic rings. The van der Waals surface area contributed by atoms with Gasteiger partial charge in [0, 0.05) is 11.8 Å². The van der Waals surface area contributed by atoms with Gasteiger partial charge in [0.25, 0.3) is 5.56 Å². The van der Waals surface area contributed by atoms with E-state index in [2.05, 4.69) is 9.97 Å². The molecule has 0 aliphatic heterocycles. The molecule has 0 radical (unpaired) electrons. The lowest BCUT2D eigenvalue weighted by molar-refractivity contribution is 0.463. The second-order valence-corrected chi connectivity index (χ2v) is 1.97. The number of aryl methyl sites for hydroxylation is 1. The van der Waals surface area contributed by atoms with E-state index < -0.39 is 6.67 Å². The summed E-state index contributed by atoms with van der Waals surface area (Å²) in [5, 5.41) is 0. The van der Waals surface area contributed by atoms with Crippen molar-refractivity contribution in [2.24, 2.45) is 0 Å². The number of halogens is 1. The minimum Gasteiger partial charge on any atom is -0.308 e. The molecule has 1 N–H and O–H groups in total. The lowest BCUT2D eigenvalue weighted by atomic mass is 10.4. The van der Waals surface area contributed by atoms with Crippen LogP contribution in [0.15, 0.2) is 10.9 Å². The van der Waals surface area contributed by atoms with Crippen LogP contribution in [0, 0.1) is 6.92 Å². The second kappa shape index (κ2) is 2.60. The lowest BCUT2D eigenvalue weighted by Crippen LogP contribution is -2.09. The van der Waals surface area contributed by atoms with Crippen molar-refractivity contribution in [3.8, 4) is 0 Å². The molecule has 0 aromatic carbocycles. The van der Waals surface area contributed by atoms with E-state index in [0.717, 1.165) is 0 Å². The van der Waals surface area contributed by atoms with Gasteiger partial charge in [0.1, 0.15) is 12.5 Å². The molecule has 0 fully saturated rings. The monoisotopic (exact) mass is 142 g/mol. The summed E-state index contributed by atoms with van der Waals surface area (Å²) >= 11 is 0. The third-order valence-corrected chi connectivity index (χ3v) is 1.05. The van der Waals surface area contributed by atoms with Gasteiger partial charge in [0.05, 0.1) is 0 Å². The summed E-state index contributed by atoms with van der Waals surface area (Å²) in [6.07, 6.45) is 0. The Kier molecular flexibility index (Phi) is 1.80. The first kappa shape index (κ1) is 6.92. The van der Waals surface area contributed by atoms with Crippen molar-refractivity contribution in [1.82, 2.24) is 9.97 Å². The number of alkyl halides is 1. The highest BCUT2D eigenvalue weighted by Crippen LogP contribution is 1.90. The summed E-state index contributed by atoms with van der Waals surface area (Å²) in [6, 6.07) is 1.32. The Morgan fingerprint density at radius 1 is 1.80 bits per heavy atom. The molecule has 0 spiro atoms. The summed E-state index contributed by atoms with van der Waals surface area (Å²) in [5.74, 6) is 0.0880. The zero-order valence-corrected chi connectivity index (χ0v) is 5.52. The van der Waals surface area contributed by atoms with Crippen LogP contribution in [0.4, 0.5) is 4.39 Å². The Hall–Kier alpha value is -1.19. The van der Waals surface area contributed by atoms with E-state index in [9.17, 15) is 9.18 Å². The summed E-state index contributed by atoms with van der Waals surface area (Å²) in [6.45, 7) is 0.922. The first-order chi connectivity index (χ1) is 4.72. The molecule has 0 saturated heterocycles. The largest absolute Gasteiger partial charge is 0.308 e. The van der Waals surface area contributed by atoms with Gasteiger partial charge in [-0.1, -0.05) is 0 Å². The fraction of sp³-hybridized carbons (Fsp3) is 0.333. The van der Waals surface area contributed by atoms with Gasteiger partial charge in [-0.2, -0.15) is 0 Å². The second-order valence-electron chi connectivity index (χ2n) is 1.97. The summed E-state index contributed by atoms with van der Waals surface area (Å²) < 4.78 is 11.9. The Morgan fingerprint density at radius 2 is 2.50 bits per heavy atom. The molecule has 1 aromatic heterocycles. The van der Waals surface area contributed by atoms with Crippen LogP contribution >= 0.6 is 0 Å². The Labute approximate surface area is 56.9 Å². The predicted molar refractivity (Wildman–Crippen MR) is 34.4 cm³/mol. The number of H-pyrrole nitrogens is 1. The molecule has 1 rings (SSSR count). The fourth-order valence-corrected chi connectivity index (χ4v) is 0.704. The molecule has 0 unspecified atom stereocenters. The molecule has 1 aromatic rings. The van der Waals surface area contributed by atoms with Gasteiger partial charge in [0.15, 0.2) is 0 Å². The van der Waals surface area contributed by atoms with Gasteiger partial charge in [-0.3, -0.25) is 4.79 Å². The molecule has 1 heterocycles. The van der Waals surface area contributed by atoms with Gasteiger partial charge in [0.2, 0.25) is 0 Å². The van der Waals surface area contributed by atoms with E-state index in [1.807, 2.05) is 0 Å². The van der Waals surface area contributed by atoms with E-state index in [-0.39, 0.29) is 11.4 Å². The number of rotatable bonds is 1. The lowest BCUT2D eigenvalue weighted by Gasteiger charge is -1.93. The average molecular weight is 142 g/mol. The summed E-state index contributed by atoms with van der Waals surface area (Å²) in [4.78, 5) is 16.6. The number of nitrogens with one attached hydrogen (secondary N) is 1. The number of aromatic amines is 1. The van der Waals surface area contributed by atoms with E-state index in [4.69, 9.17) is 0 Å². The van der Waals surface area contributed by atoms with Crippen molar-refractivity contribution in [1.29, 1.82) is 0 Å². The smallest absolute Gasteiger partial charge is 0.251 e. The third kappa shape index (κ3) is 1.40.